The summed E-state index contributed by atoms with van der Waals surface area (Å²) in [6.45, 7) is -0.149. The van der Waals surface area contributed by atoms with Crippen molar-refractivity contribution in [3.8, 4) is 0 Å². The van der Waals surface area contributed by atoms with Gasteiger partial charge in [-0.3, -0.25) is 4.79 Å². The highest BCUT2D eigenvalue weighted by Crippen LogP contribution is 1.73. The van der Waals surface area contributed by atoms with Crippen molar-refractivity contribution in [2.45, 2.75) is 0 Å². The first-order valence-corrected chi connectivity index (χ1v) is 2.30. The summed E-state index contributed by atoms with van der Waals surface area (Å²) in [4.78, 5) is 20.0. The largest absolute Gasteiger partial charge is 0.478 e. The number of rotatable bonds is 3. The molecule has 5 heteroatoms. The number of carbonyl (C=O) groups excluding carboxylic acids is 1. The summed E-state index contributed by atoms with van der Waals surface area (Å²) < 4.78 is 0. The molecule has 0 atom stereocenters. The Balaban J connectivity index is 0. The van der Waals surface area contributed by atoms with Gasteiger partial charge in [-0.2, -0.15) is 0 Å². The Kier molecular flexibility index (Phi) is 7.42. The van der Waals surface area contributed by atoms with E-state index >= 15 is 0 Å². The lowest BCUT2D eigenvalue weighted by atomic mass is 10.3. The van der Waals surface area contributed by atoms with Crippen LogP contribution in [0.1, 0.15) is 0 Å². The topological polar surface area (TPSA) is 80.4 Å². The van der Waals surface area contributed by atoms with Gasteiger partial charge in [0, 0.05) is 6.08 Å². The first kappa shape index (κ1) is 11.9. The minimum Gasteiger partial charge on any atom is -0.478 e. The summed E-state index contributed by atoms with van der Waals surface area (Å²) in [5.41, 5.74) is 4.86. The lowest BCUT2D eigenvalue weighted by molar-refractivity contribution is -0.131. The summed E-state index contributed by atoms with van der Waals surface area (Å²) in [6, 6.07) is 0. The molecule has 0 aromatic carbocycles. The molecular weight excluding hydrogens is 158 g/mol. The van der Waals surface area contributed by atoms with Gasteiger partial charge < -0.3 is 10.8 Å². The highest BCUT2D eigenvalue weighted by Gasteiger charge is 1.90. The molecule has 0 amide bonds. The molecule has 0 unspecified atom stereocenters. The van der Waals surface area contributed by atoms with E-state index in [4.69, 9.17) is 10.8 Å². The zero-order valence-electron chi connectivity index (χ0n) is 5.11. The number of carbonyl (C=O) groups is 2. The Morgan fingerprint density at radius 3 is 2.20 bits per heavy atom. The third-order valence-corrected chi connectivity index (χ3v) is 0.613. The summed E-state index contributed by atoms with van der Waals surface area (Å²) in [7, 11) is 0. The van der Waals surface area contributed by atoms with E-state index in [0.717, 1.165) is 12.2 Å². The predicted octanol–water partition coefficient (Wildman–Crippen LogP) is -0.423. The maximum absolute atomic E-state index is 10.2. The minimum absolute atomic E-state index is 0. The number of halogens is 1. The first-order chi connectivity index (χ1) is 4.16. The highest BCUT2D eigenvalue weighted by molar-refractivity contribution is 5.96. The van der Waals surface area contributed by atoms with Crippen LogP contribution in [-0.2, 0) is 9.59 Å². The molecule has 0 aromatic heterocycles. The molecule has 0 rings (SSSR count). The number of hydrogen-bond donors (Lipinski definition) is 2. The number of hydrogen-bond acceptors (Lipinski definition) is 3. The van der Waals surface area contributed by atoms with Crippen LogP contribution in [0.3, 0.4) is 0 Å². The van der Waals surface area contributed by atoms with Crippen molar-refractivity contribution in [2.75, 3.05) is 6.54 Å². The second-order valence-corrected chi connectivity index (χ2v) is 1.34. The van der Waals surface area contributed by atoms with Crippen LogP contribution in [0.2, 0.25) is 0 Å². The van der Waals surface area contributed by atoms with Crippen LogP contribution in [0, 0.1) is 0 Å². The van der Waals surface area contributed by atoms with E-state index in [2.05, 4.69) is 0 Å². The summed E-state index contributed by atoms with van der Waals surface area (Å²) >= 11 is 0. The van der Waals surface area contributed by atoms with Gasteiger partial charge in [0.1, 0.15) is 0 Å². The molecule has 0 radical (unpaired) electrons. The van der Waals surface area contributed by atoms with Crippen LogP contribution < -0.4 is 5.73 Å². The first-order valence-electron chi connectivity index (χ1n) is 2.30. The number of carboxylic acid groups (broad SMARTS) is 1. The van der Waals surface area contributed by atoms with Crippen molar-refractivity contribution in [1.82, 2.24) is 0 Å². The molecule has 3 N–H and O–H groups in total. The van der Waals surface area contributed by atoms with E-state index in [1.165, 1.54) is 0 Å². The highest BCUT2D eigenvalue weighted by atomic mass is 35.5. The van der Waals surface area contributed by atoms with Gasteiger partial charge in [-0.15, -0.1) is 12.4 Å². The van der Waals surface area contributed by atoms with Gasteiger partial charge in [-0.25, -0.2) is 4.79 Å². The zero-order valence-corrected chi connectivity index (χ0v) is 5.93. The number of aliphatic carboxylic acids is 1. The Morgan fingerprint density at radius 1 is 1.40 bits per heavy atom. The molecule has 10 heavy (non-hydrogen) atoms. The third kappa shape index (κ3) is 7.13. The molecular formula is C5H8ClNO3. The third-order valence-electron chi connectivity index (χ3n) is 0.613. The van der Waals surface area contributed by atoms with Crippen LogP contribution in [0.4, 0.5) is 0 Å². The molecule has 0 aliphatic carbocycles. The van der Waals surface area contributed by atoms with E-state index in [-0.39, 0.29) is 19.0 Å². The number of nitrogens with two attached hydrogens (primary N) is 1. The maximum Gasteiger partial charge on any atom is 0.328 e. The summed E-state index contributed by atoms with van der Waals surface area (Å²) in [5.74, 6) is -1.53. The monoisotopic (exact) mass is 165 g/mol. The Bertz CT molecular complexity index is 155. The van der Waals surface area contributed by atoms with Crippen LogP contribution in [0.15, 0.2) is 12.2 Å². The molecule has 0 aliphatic heterocycles. The maximum atomic E-state index is 10.2. The Labute approximate surface area is 64.1 Å². The standard InChI is InChI=1S/C5H7NO3.ClH/c6-3-4(7)1-2-5(8)9;/h1-2H,3,6H2,(H,8,9);1H. The van der Waals surface area contributed by atoms with Crippen molar-refractivity contribution in [3.05, 3.63) is 12.2 Å². The fourth-order valence-electron chi connectivity index (χ4n) is 0.232. The van der Waals surface area contributed by atoms with Gasteiger partial charge in [0.2, 0.25) is 0 Å². The fourth-order valence-corrected chi connectivity index (χ4v) is 0.232. The SMILES string of the molecule is Cl.NCC(=O)C=CC(=O)O. The van der Waals surface area contributed by atoms with Crippen molar-refractivity contribution in [2.24, 2.45) is 5.73 Å². The normalized spacial score (nSPS) is 8.90. The average molecular weight is 166 g/mol. The number of carboxylic acids is 1. The van der Waals surface area contributed by atoms with E-state index in [0.29, 0.717) is 0 Å². The molecule has 0 aliphatic rings. The van der Waals surface area contributed by atoms with Gasteiger partial charge >= 0.3 is 5.97 Å². The molecule has 0 bridgehead atoms. The van der Waals surface area contributed by atoms with Gasteiger partial charge in [-0.05, 0) is 6.08 Å². The van der Waals surface area contributed by atoms with Crippen molar-refractivity contribution in [1.29, 1.82) is 0 Å². The van der Waals surface area contributed by atoms with Gasteiger partial charge in [0.25, 0.3) is 0 Å². The van der Waals surface area contributed by atoms with Gasteiger partial charge in [-0.1, -0.05) is 0 Å². The molecule has 0 heterocycles. The van der Waals surface area contributed by atoms with Crippen LogP contribution in [0.5, 0.6) is 0 Å². The second-order valence-electron chi connectivity index (χ2n) is 1.34. The quantitative estimate of drug-likeness (QED) is 0.557. The Hall–Kier alpha value is -0.870. The summed E-state index contributed by atoms with van der Waals surface area (Å²) in [6.07, 6.45) is 1.69. The van der Waals surface area contributed by atoms with Gasteiger partial charge in [0.05, 0.1) is 6.54 Å². The molecule has 58 valence electrons. The van der Waals surface area contributed by atoms with Crippen LogP contribution in [-0.4, -0.2) is 23.4 Å². The zero-order chi connectivity index (χ0) is 7.28. The smallest absolute Gasteiger partial charge is 0.328 e. The van der Waals surface area contributed by atoms with Crippen molar-refractivity contribution in [3.63, 3.8) is 0 Å². The Morgan fingerprint density at radius 2 is 1.90 bits per heavy atom. The molecule has 0 aromatic rings. The van der Waals surface area contributed by atoms with Crippen LogP contribution >= 0.6 is 12.4 Å². The van der Waals surface area contributed by atoms with E-state index in [1.54, 1.807) is 0 Å². The molecule has 0 saturated carbocycles. The van der Waals surface area contributed by atoms with Crippen molar-refractivity contribution >= 4 is 24.2 Å². The van der Waals surface area contributed by atoms with Crippen LogP contribution in [0.25, 0.3) is 0 Å². The second kappa shape index (κ2) is 6.25. The lowest BCUT2D eigenvalue weighted by Gasteiger charge is -1.81. The lowest BCUT2D eigenvalue weighted by Crippen LogP contribution is -2.10. The van der Waals surface area contributed by atoms with E-state index in [9.17, 15) is 9.59 Å². The van der Waals surface area contributed by atoms with E-state index < -0.39 is 11.8 Å². The molecule has 0 fully saturated rings. The van der Waals surface area contributed by atoms with Crippen molar-refractivity contribution < 1.29 is 14.7 Å². The fraction of sp³-hybridized carbons (Fsp3) is 0.200. The number of ketones is 1. The predicted molar refractivity (Wildman–Crippen MR) is 38.1 cm³/mol. The summed E-state index contributed by atoms with van der Waals surface area (Å²) in [5, 5.41) is 7.98. The molecule has 4 nitrogen and oxygen atoms in total. The molecule has 0 saturated heterocycles. The van der Waals surface area contributed by atoms with E-state index in [1.807, 2.05) is 0 Å². The minimum atomic E-state index is -1.14. The molecule has 0 spiro atoms. The van der Waals surface area contributed by atoms with Gasteiger partial charge in [0.15, 0.2) is 5.78 Å². The average Bonchev–Trinajstić information content (AvgIpc) is 1.83.